The molecular weight excluding hydrogens is 364 g/mol. The van der Waals surface area contributed by atoms with Crippen molar-refractivity contribution in [1.82, 2.24) is 4.31 Å². The summed E-state index contributed by atoms with van der Waals surface area (Å²) in [6.45, 7) is 3.09. The van der Waals surface area contributed by atoms with E-state index in [0.717, 1.165) is 29.7 Å². The maximum absolute atomic E-state index is 12.5. The van der Waals surface area contributed by atoms with Crippen LogP contribution in [0.15, 0.2) is 47.4 Å². The smallest absolute Gasteiger partial charge is 0.243 e. The molecule has 1 N–H and O–H groups in total. The summed E-state index contributed by atoms with van der Waals surface area (Å²) in [6, 6.07) is 12.0. The summed E-state index contributed by atoms with van der Waals surface area (Å²) in [4.78, 5) is 12.5. The number of benzene rings is 2. The normalized spacial score (nSPS) is 14.9. The van der Waals surface area contributed by atoms with E-state index in [0.29, 0.717) is 18.8 Å². The van der Waals surface area contributed by atoms with Gasteiger partial charge in [-0.05, 0) is 61.2 Å². The van der Waals surface area contributed by atoms with Crippen molar-refractivity contribution in [3.63, 3.8) is 0 Å². The lowest BCUT2D eigenvalue weighted by molar-refractivity contribution is -0.115. The summed E-state index contributed by atoms with van der Waals surface area (Å²) in [7, 11) is -1.84. The average Bonchev–Trinajstić information content (AvgIpc) is 3.19. The summed E-state index contributed by atoms with van der Waals surface area (Å²) >= 11 is 0. The lowest BCUT2D eigenvalue weighted by Gasteiger charge is -2.15. The highest BCUT2D eigenvalue weighted by Crippen LogP contribution is 2.23. The predicted molar refractivity (Wildman–Crippen MR) is 104 cm³/mol. The monoisotopic (exact) mass is 388 g/mol. The maximum atomic E-state index is 12.5. The van der Waals surface area contributed by atoms with Crippen molar-refractivity contribution < 1.29 is 17.9 Å². The van der Waals surface area contributed by atoms with Gasteiger partial charge < -0.3 is 10.1 Å². The fraction of sp³-hybridized carbons (Fsp3) is 0.350. The minimum absolute atomic E-state index is 0.170. The first-order chi connectivity index (χ1) is 12.9. The second-order valence-electron chi connectivity index (χ2n) is 6.66. The predicted octanol–water partition coefficient (Wildman–Crippen LogP) is 2.97. The van der Waals surface area contributed by atoms with Gasteiger partial charge in [0.2, 0.25) is 15.9 Å². The molecule has 0 aromatic heterocycles. The number of aryl methyl sites for hydroxylation is 1. The third-order valence-electron chi connectivity index (χ3n) is 4.68. The minimum atomic E-state index is -3.44. The van der Waals surface area contributed by atoms with E-state index in [1.165, 1.54) is 16.4 Å². The third kappa shape index (κ3) is 4.48. The van der Waals surface area contributed by atoms with E-state index in [4.69, 9.17) is 4.74 Å². The van der Waals surface area contributed by atoms with E-state index in [9.17, 15) is 13.2 Å². The number of amides is 1. The standard InChI is InChI=1S/C20H24N2O4S/c1-15-5-6-16(13-19(15)26-2)14-20(23)21-17-7-9-18(10-8-17)27(24,25)22-11-3-4-12-22/h5-10,13H,3-4,11-12,14H2,1-2H3,(H,21,23). The van der Waals surface area contributed by atoms with Gasteiger partial charge in [0, 0.05) is 18.8 Å². The van der Waals surface area contributed by atoms with Gasteiger partial charge in [0.1, 0.15) is 5.75 Å². The van der Waals surface area contributed by atoms with E-state index in [1.54, 1.807) is 19.2 Å². The highest BCUT2D eigenvalue weighted by molar-refractivity contribution is 7.89. The Morgan fingerprint density at radius 3 is 2.41 bits per heavy atom. The van der Waals surface area contributed by atoms with Crippen LogP contribution in [-0.2, 0) is 21.2 Å². The van der Waals surface area contributed by atoms with Crippen LogP contribution in [0.1, 0.15) is 24.0 Å². The molecule has 0 saturated carbocycles. The average molecular weight is 388 g/mol. The van der Waals surface area contributed by atoms with Crippen LogP contribution in [0.25, 0.3) is 0 Å². The van der Waals surface area contributed by atoms with Crippen molar-refractivity contribution in [3.05, 3.63) is 53.6 Å². The third-order valence-corrected chi connectivity index (χ3v) is 6.59. The Morgan fingerprint density at radius 1 is 1.11 bits per heavy atom. The molecule has 1 aliphatic heterocycles. The minimum Gasteiger partial charge on any atom is -0.496 e. The number of hydrogen-bond donors (Lipinski definition) is 1. The van der Waals surface area contributed by atoms with Crippen LogP contribution in [0.3, 0.4) is 0 Å². The summed E-state index contributed by atoms with van der Waals surface area (Å²) in [5.41, 5.74) is 2.43. The molecule has 144 valence electrons. The molecule has 3 rings (SSSR count). The van der Waals surface area contributed by atoms with Crippen LogP contribution >= 0.6 is 0 Å². The van der Waals surface area contributed by atoms with Gasteiger partial charge in [0.15, 0.2) is 0 Å². The van der Waals surface area contributed by atoms with Gasteiger partial charge in [0.25, 0.3) is 0 Å². The van der Waals surface area contributed by atoms with E-state index in [2.05, 4.69) is 5.32 Å². The van der Waals surface area contributed by atoms with Gasteiger partial charge in [0.05, 0.1) is 18.4 Å². The van der Waals surface area contributed by atoms with Crippen molar-refractivity contribution in [2.45, 2.75) is 31.1 Å². The number of rotatable bonds is 6. The first kappa shape index (κ1) is 19.4. The van der Waals surface area contributed by atoms with Crippen LogP contribution in [0.4, 0.5) is 5.69 Å². The van der Waals surface area contributed by atoms with Gasteiger partial charge in [-0.3, -0.25) is 4.79 Å². The Labute approximate surface area is 160 Å². The number of nitrogens with zero attached hydrogens (tertiary/aromatic N) is 1. The molecule has 1 aliphatic rings. The Kier molecular flexibility index (Phi) is 5.82. The van der Waals surface area contributed by atoms with E-state index < -0.39 is 10.0 Å². The molecule has 0 spiro atoms. The molecule has 1 fully saturated rings. The number of methoxy groups -OCH3 is 1. The topological polar surface area (TPSA) is 75.7 Å². The molecule has 27 heavy (non-hydrogen) atoms. The van der Waals surface area contributed by atoms with Gasteiger partial charge in [-0.2, -0.15) is 4.31 Å². The van der Waals surface area contributed by atoms with Crippen molar-refractivity contribution in [1.29, 1.82) is 0 Å². The number of anilines is 1. The second-order valence-corrected chi connectivity index (χ2v) is 8.60. The molecule has 0 radical (unpaired) electrons. The molecule has 0 unspecified atom stereocenters. The van der Waals surface area contributed by atoms with Crippen LogP contribution in [0, 0.1) is 6.92 Å². The Bertz CT molecular complexity index is 917. The fourth-order valence-electron chi connectivity index (χ4n) is 3.15. The first-order valence-electron chi connectivity index (χ1n) is 8.94. The van der Waals surface area contributed by atoms with Crippen molar-refractivity contribution >= 4 is 21.6 Å². The zero-order valence-electron chi connectivity index (χ0n) is 15.6. The lowest BCUT2D eigenvalue weighted by atomic mass is 10.1. The molecule has 6 nitrogen and oxygen atoms in total. The summed E-state index contributed by atoms with van der Waals surface area (Å²) in [5.74, 6) is 0.577. The molecule has 7 heteroatoms. The van der Waals surface area contributed by atoms with Crippen molar-refractivity contribution in [2.75, 3.05) is 25.5 Å². The van der Waals surface area contributed by atoms with Gasteiger partial charge >= 0.3 is 0 Å². The quantitative estimate of drug-likeness (QED) is 0.825. The molecule has 2 aromatic carbocycles. The van der Waals surface area contributed by atoms with Crippen LogP contribution in [0.2, 0.25) is 0 Å². The van der Waals surface area contributed by atoms with Gasteiger partial charge in [-0.1, -0.05) is 12.1 Å². The number of ether oxygens (including phenoxy) is 1. The lowest BCUT2D eigenvalue weighted by Crippen LogP contribution is -2.27. The van der Waals surface area contributed by atoms with E-state index in [1.807, 2.05) is 25.1 Å². The van der Waals surface area contributed by atoms with Crippen LogP contribution in [0.5, 0.6) is 5.75 Å². The Hall–Kier alpha value is -2.38. The van der Waals surface area contributed by atoms with Crippen LogP contribution < -0.4 is 10.1 Å². The molecule has 0 atom stereocenters. The van der Waals surface area contributed by atoms with Gasteiger partial charge in [-0.15, -0.1) is 0 Å². The summed E-state index contributed by atoms with van der Waals surface area (Å²) < 4.78 is 31.8. The highest BCUT2D eigenvalue weighted by Gasteiger charge is 2.26. The van der Waals surface area contributed by atoms with Gasteiger partial charge in [-0.25, -0.2) is 8.42 Å². The number of hydrogen-bond acceptors (Lipinski definition) is 4. The molecular formula is C20H24N2O4S. The van der Waals surface area contributed by atoms with Crippen LogP contribution in [-0.4, -0.2) is 38.8 Å². The zero-order chi connectivity index (χ0) is 19.4. The zero-order valence-corrected chi connectivity index (χ0v) is 16.4. The number of nitrogens with one attached hydrogen (secondary N) is 1. The van der Waals surface area contributed by atoms with Crippen molar-refractivity contribution in [2.24, 2.45) is 0 Å². The fourth-order valence-corrected chi connectivity index (χ4v) is 4.67. The number of sulfonamides is 1. The summed E-state index contributed by atoms with van der Waals surface area (Å²) in [5, 5.41) is 2.80. The molecule has 0 aliphatic carbocycles. The maximum Gasteiger partial charge on any atom is 0.243 e. The van der Waals surface area contributed by atoms with Crippen molar-refractivity contribution in [3.8, 4) is 5.75 Å². The number of carbonyl (C=O) groups is 1. The molecule has 1 saturated heterocycles. The molecule has 0 bridgehead atoms. The highest BCUT2D eigenvalue weighted by atomic mass is 32.2. The molecule has 1 heterocycles. The largest absolute Gasteiger partial charge is 0.496 e. The SMILES string of the molecule is COc1cc(CC(=O)Nc2ccc(S(=O)(=O)N3CCCC3)cc2)ccc1C. The van der Waals surface area contributed by atoms with E-state index >= 15 is 0 Å². The second kappa shape index (κ2) is 8.10. The number of carbonyl (C=O) groups excluding carboxylic acids is 1. The molecule has 2 aromatic rings. The molecule has 1 amide bonds. The summed E-state index contributed by atoms with van der Waals surface area (Å²) in [6.07, 6.45) is 2.01. The first-order valence-corrected chi connectivity index (χ1v) is 10.4. The Morgan fingerprint density at radius 2 is 1.78 bits per heavy atom. The van der Waals surface area contributed by atoms with E-state index in [-0.39, 0.29) is 17.2 Å². The Balaban J connectivity index is 1.65.